The van der Waals surface area contributed by atoms with Crippen molar-refractivity contribution in [1.82, 2.24) is 9.80 Å². The van der Waals surface area contributed by atoms with Crippen LogP contribution in [-0.4, -0.2) is 72.5 Å². The van der Waals surface area contributed by atoms with Crippen molar-refractivity contribution in [3.05, 3.63) is 29.6 Å². The molecule has 0 spiro atoms. The van der Waals surface area contributed by atoms with Crippen LogP contribution in [0.5, 0.6) is 5.75 Å². The highest BCUT2D eigenvalue weighted by Gasteiger charge is 2.36. The van der Waals surface area contributed by atoms with Crippen LogP contribution in [-0.2, 0) is 4.74 Å². The molecule has 3 rings (SSSR count). The van der Waals surface area contributed by atoms with Gasteiger partial charge in [-0.3, -0.25) is 4.90 Å². The molecule has 0 aromatic heterocycles. The van der Waals surface area contributed by atoms with E-state index >= 15 is 0 Å². The fourth-order valence-corrected chi connectivity index (χ4v) is 3.09. The van der Waals surface area contributed by atoms with E-state index in [2.05, 4.69) is 4.90 Å². The predicted molar refractivity (Wildman–Crippen MR) is 81.3 cm³/mol. The molecule has 128 valence electrons. The molecule has 0 radical (unpaired) electrons. The highest BCUT2D eigenvalue weighted by molar-refractivity contribution is 5.65. The molecular weight excluding hydrogens is 317 g/mol. The van der Waals surface area contributed by atoms with Gasteiger partial charge in [-0.1, -0.05) is 0 Å². The molecule has 1 aromatic rings. The summed E-state index contributed by atoms with van der Waals surface area (Å²) in [5.74, 6) is -0.426. The van der Waals surface area contributed by atoms with Crippen molar-refractivity contribution >= 4 is 6.09 Å². The summed E-state index contributed by atoms with van der Waals surface area (Å²) in [6.45, 7) is 2.90. The third-order valence-electron chi connectivity index (χ3n) is 4.15. The van der Waals surface area contributed by atoms with E-state index in [0.717, 1.165) is 6.07 Å². The minimum Gasteiger partial charge on any atom is -0.489 e. The molecule has 0 saturated carbocycles. The summed E-state index contributed by atoms with van der Waals surface area (Å²) in [5.41, 5.74) is 0.254. The molecule has 2 aliphatic heterocycles. The number of morpholine rings is 2. The van der Waals surface area contributed by atoms with E-state index in [1.54, 1.807) is 0 Å². The van der Waals surface area contributed by atoms with E-state index in [-0.39, 0.29) is 23.5 Å². The maximum Gasteiger partial charge on any atom is 0.407 e. The van der Waals surface area contributed by atoms with Crippen LogP contribution >= 0.6 is 0 Å². The first-order chi connectivity index (χ1) is 11.5. The molecule has 2 saturated heterocycles. The quantitative estimate of drug-likeness (QED) is 0.888. The Morgan fingerprint density at radius 3 is 2.67 bits per heavy atom. The highest BCUT2D eigenvalue weighted by atomic mass is 19.1. The molecule has 24 heavy (non-hydrogen) atoms. The molecular formula is C16H18FN3O4. The maximum absolute atomic E-state index is 13.7. The van der Waals surface area contributed by atoms with E-state index in [9.17, 15) is 9.18 Å². The van der Waals surface area contributed by atoms with Gasteiger partial charge in [0.1, 0.15) is 6.61 Å². The standard InChI is InChI=1S/C16H18FN3O4/c17-14-5-11(6-18)1-2-15(14)23-4-3-19-7-12-9-20(16(21)22)10-13(8-19)24-12/h1-2,5,12-13H,3-4,7-10H2,(H,21,22). The third kappa shape index (κ3) is 3.75. The lowest BCUT2D eigenvalue weighted by Crippen LogP contribution is -2.60. The molecule has 2 heterocycles. The predicted octanol–water partition coefficient (Wildman–Crippen LogP) is 1.14. The lowest BCUT2D eigenvalue weighted by molar-refractivity contribution is -0.132. The number of carbonyl (C=O) groups is 1. The molecule has 1 amide bonds. The Morgan fingerprint density at radius 1 is 1.38 bits per heavy atom. The Balaban J connectivity index is 1.48. The monoisotopic (exact) mass is 335 g/mol. The first-order valence-corrected chi connectivity index (χ1v) is 7.73. The SMILES string of the molecule is N#Cc1ccc(OCCN2CC3CN(C(=O)O)CC(C2)O3)c(F)c1. The number of hydrogen-bond donors (Lipinski definition) is 1. The van der Waals surface area contributed by atoms with E-state index in [4.69, 9.17) is 19.8 Å². The van der Waals surface area contributed by atoms with Gasteiger partial charge >= 0.3 is 6.09 Å². The molecule has 2 aliphatic rings. The van der Waals surface area contributed by atoms with Crippen LogP contribution in [0, 0.1) is 17.1 Å². The first-order valence-electron chi connectivity index (χ1n) is 7.73. The van der Waals surface area contributed by atoms with Gasteiger partial charge < -0.3 is 19.5 Å². The van der Waals surface area contributed by atoms with Gasteiger partial charge in [-0.05, 0) is 18.2 Å². The summed E-state index contributed by atoms with van der Waals surface area (Å²) < 4.78 is 25.0. The van der Waals surface area contributed by atoms with Gasteiger partial charge in [0.15, 0.2) is 11.6 Å². The maximum atomic E-state index is 13.7. The first kappa shape index (κ1) is 16.5. The van der Waals surface area contributed by atoms with Gasteiger partial charge in [-0.25, -0.2) is 9.18 Å². The van der Waals surface area contributed by atoms with Crippen LogP contribution in [0.1, 0.15) is 5.56 Å². The summed E-state index contributed by atoms with van der Waals surface area (Å²) >= 11 is 0. The fourth-order valence-electron chi connectivity index (χ4n) is 3.09. The van der Waals surface area contributed by atoms with Gasteiger partial charge in [-0.15, -0.1) is 0 Å². The number of fused-ring (bicyclic) bond motifs is 2. The van der Waals surface area contributed by atoms with Crippen LogP contribution < -0.4 is 4.74 Å². The molecule has 8 heteroatoms. The normalized spacial score (nSPS) is 23.6. The molecule has 2 atom stereocenters. The van der Waals surface area contributed by atoms with E-state index < -0.39 is 11.9 Å². The molecule has 1 aromatic carbocycles. The second-order valence-corrected chi connectivity index (χ2v) is 5.93. The number of hydrogen-bond acceptors (Lipinski definition) is 5. The van der Waals surface area contributed by atoms with E-state index in [1.165, 1.54) is 17.0 Å². The van der Waals surface area contributed by atoms with Gasteiger partial charge in [0.25, 0.3) is 0 Å². The van der Waals surface area contributed by atoms with Crippen molar-refractivity contribution in [1.29, 1.82) is 5.26 Å². The summed E-state index contributed by atoms with van der Waals surface area (Å²) in [5, 5.41) is 17.8. The minimum atomic E-state index is -0.915. The van der Waals surface area contributed by atoms with Crippen LogP contribution in [0.4, 0.5) is 9.18 Å². The zero-order chi connectivity index (χ0) is 17.1. The Hall–Kier alpha value is -2.37. The molecule has 2 bridgehead atoms. The fraction of sp³-hybridized carbons (Fsp3) is 0.500. The van der Waals surface area contributed by atoms with Gasteiger partial charge in [0.2, 0.25) is 0 Å². The van der Waals surface area contributed by atoms with Crippen molar-refractivity contribution in [2.75, 3.05) is 39.3 Å². The summed E-state index contributed by atoms with van der Waals surface area (Å²) in [6.07, 6.45) is -1.19. The van der Waals surface area contributed by atoms with Gasteiger partial charge in [0, 0.05) is 19.6 Å². The Labute approximate surface area is 138 Å². The lowest BCUT2D eigenvalue weighted by atomic mass is 10.1. The van der Waals surface area contributed by atoms with Crippen molar-refractivity contribution < 1.29 is 23.8 Å². The number of rotatable bonds is 4. The number of benzene rings is 1. The number of nitrogens with zero attached hydrogens (tertiary/aromatic N) is 3. The molecule has 0 aliphatic carbocycles. The van der Waals surface area contributed by atoms with Crippen molar-refractivity contribution in [2.45, 2.75) is 12.2 Å². The zero-order valence-electron chi connectivity index (χ0n) is 13.0. The average Bonchev–Trinajstić information content (AvgIpc) is 2.55. The van der Waals surface area contributed by atoms with Crippen molar-refractivity contribution in [3.8, 4) is 11.8 Å². The average molecular weight is 335 g/mol. The van der Waals surface area contributed by atoms with Crippen LogP contribution in [0.2, 0.25) is 0 Å². The zero-order valence-corrected chi connectivity index (χ0v) is 13.0. The van der Waals surface area contributed by atoms with Crippen LogP contribution in [0.3, 0.4) is 0 Å². The molecule has 2 fully saturated rings. The third-order valence-corrected chi connectivity index (χ3v) is 4.15. The smallest absolute Gasteiger partial charge is 0.407 e. The molecule has 2 unspecified atom stereocenters. The topological polar surface area (TPSA) is 86.0 Å². The largest absolute Gasteiger partial charge is 0.489 e. The molecule has 7 nitrogen and oxygen atoms in total. The van der Waals surface area contributed by atoms with Crippen molar-refractivity contribution in [3.63, 3.8) is 0 Å². The van der Waals surface area contributed by atoms with Gasteiger partial charge in [0.05, 0.1) is 36.9 Å². The second-order valence-electron chi connectivity index (χ2n) is 5.93. The number of halogens is 1. The van der Waals surface area contributed by atoms with Crippen LogP contribution in [0.25, 0.3) is 0 Å². The molecule has 1 N–H and O–H groups in total. The minimum absolute atomic E-state index is 0.125. The Kier molecular flexibility index (Phi) is 4.83. The Bertz CT molecular complexity index is 649. The number of carboxylic acid groups (broad SMARTS) is 1. The van der Waals surface area contributed by atoms with Crippen molar-refractivity contribution in [2.24, 2.45) is 0 Å². The number of amides is 1. The summed E-state index contributed by atoms with van der Waals surface area (Å²) in [7, 11) is 0. The number of ether oxygens (including phenoxy) is 2. The summed E-state index contributed by atoms with van der Waals surface area (Å²) in [4.78, 5) is 14.6. The highest BCUT2D eigenvalue weighted by Crippen LogP contribution is 2.20. The second kappa shape index (κ2) is 7.03. The van der Waals surface area contributed by atoms with Gasteiger partial charge in [-0.2, -0.15) is 5.26 Å². The lowest BCUT2D eigenvalue weighted by Gasteiger charge is -2.44. The van der Waals surface area contributed by atoms with E-state index in [1.807, 2.05) is 6.07 Å². The summed E-state index contributed by atoms with van der Waals surface area (Å²) in [6, 6.07) is 5.98. The van der Waals surface area contributed by atoms with E-state index in [0.29, 0.717) is 39.3 Å². The number of nitriles is 1. The van der Waals surface area contributed by atoms with Crippen LogP contribution in [0.15, 0.2) is 18.2 Å². The Morgan fingerprint density at radius 2 is 2.08 bits per heavy atom.